The fourth-order valence-corrected chi connectivity index (χ4v) is 4.70. The minimum atomic E-state index is -0.415. The lowest BCUT2D eigenvalue weighted by atomic mass is 10.0. The lowest BCUT2D eigenvalue weighted by molar-refractivity contribution is -0.384. The normalized spacial score (nSPS) is 11.7. The molecule has 0 aliphatic carbocycles. The van der Waals surface area contributed by atoms with Crippen LogP contribution in [0.5, 0.6) is 0 Å². The van der Waals surface area contributed by atoms with E-state index in [2.05, 4.69) is 4.99 Å². The van der Waals surface area contributed by atoms with Crippen LogP contribution in [0.25, 0.3) is 21.3 Å². The number of non-ortho nitro benzene ring substituents is 1. The number of nitro groups is 1. The van der Waals surface area contributed by atoms with Gasteiger partial charge in [0.2, 0.25) is 0 Å². The molecule has 8 heteroatoms. The molecule has 156 valence electrons. The number of aromatic nitrogens is 1. The van der Waals surface area contributed by atoms with Crippen molar-refractivity contribution in [2.75, 3.05) is 12.0 Å². The van der Waals surface area contributed by atoms with Crippen molar-refractivity contribution in [3.8, 4) is 11.1 Å². The number of carbonyl (C=O) groups is 1. The van der Waals surface area contributed by atoms with E-state index in [0.29, 0.717) is 16.9 Å². The Morgan fingerprint density at radius 1 is 1.06 bits per heavy atom. The van der Waals surface area contributed by atoms with Crippen LogP contribution >= 0.6 is 23.1 Å². The number of benzene rings is 3. The van der Waals surface area contributed by atoms with Crippen molar-refractivity contribution < 1.29 is 9.72 Å². The summed E-state index contributed by atoms with van der Waals surface area (Å²) in [7, 11) is 0. The molecule has 1 heterocycles. The molecule has 4 aromatic rings. The summed E-state index contributed by atoms with van der Waals surface area (Å²) in [5, 5.41) is 11.1. The van der Waals surface area contributed by atoms with E-state index >= 15 is 0 Å². The van der Waals surface area contributed by atoms with Gasteiger partial charge in [0.1, 0.15) is 0 Å². The Morgan fingerprint density at radius 3 is 2.45 bits per heavy atom. The molecule has 31 heavy (non-hydrogen) atoms. The van der Waals surface area contributed by atoms with Gasteiger partial charge in [-0.2, -0.15) is 16.8 Å². The minimum absolute atomic E-state index is 0.0279. The maximum absolute atomic E-state index is 12.9. The minimum Gasteiger partial charge on any atom is -0.315 e. The zero-order valence-electron chi connectivity index (χ0n) is 16.7. The van der Waals surface area contributed by atoms with Crippen molar-refractivity contribution in [3.63, 3.8) is 0 Å². The Hall–Kier alpha value is -3.23. The fourth-order valence-electron chi connectivity index (χ4n) is 3.25. The predicted molar refractivity (Wildman–Crippen MR) is 127 cm³/mol. The second kappa shape index (κ2) is 9.28. The maximum atomic E-state index is 12.9. The molecule has 0 saturated heterocycles. The summed E-state index contributed by atoms with van der Waals surface area (Å²) in [5.41, 5.74) is 3.48. The molecule has 0 saturated carbocycles. The molecule has 0 spiro atoms. The Balaban J connectivity index is 1.71. The van der Waals surface area contributed by atoms with Gasteiger partial charge in [0.25, 0.3) is 11.6 Å². The average Bonchev–Trinajstić information content (AvgIpc) is 3.14. The second-order valence-electron chi connectivity index (χ2n) is 6.80. The first kappa shape index (κ1) is 21.0. The second-order valence-corrected chi connectivity index (χ2v) is 8.79. The van der Waals surface area contributed by atoms with Gasteiger partial charge in [-0.15, -0.1) is 0 Å². The largest absolute Gasteiger partial charge is 0.315 e. The zero-order chi connectivity index (χ0) is 21.8. The third kappa shape index (κ3) is 4.60. The van der Waals surface area contributed by atoms with Crippen molar-refractivity contribution >= 4 is 44.9 Å². The number of thioether (sulfide) groups is 1. The summed E-state index contributed by atoms with van der Waals surface area (Å²) in [5.74, 6) is 0.509. The third-order valence-electron chi connectivity index (χ3n) is 4.83. The van der Waals surface area contributed by atoms with Crippen LogP contribution in [0.1, 0.15) is 10.4 Å². The Morgan fingerprint density at radius 2 is 1.77 bits per heavy atom. The quantitative estimate of drug-likeness (QED) is 0.292. The van der Waals surface area contributed by atoms with Crippen molar-refractivity contribution in [3.05, 3.63) is 93.3 Å². The highest BCUT2D eigenvalue weighted by Gasteiger charge is 2.13. The molecule has 0 atom stereocenters. The van der Waals surface area contributed by atoms with Crippen LogP contribution in [0.2, 0.25) is 0 Å². The van der Waals surface area contributed by atoms with Crippen LogP contribution in [-0.4, -0.2) is 27.4 Å². The molecule has 0 radical (unpaired) electrons. The molecule has 0 fully saturated rings. The summed E-state index contributed by atoms with van der Waals surface area (Å²) >= 11 is 2.98. The van der Waals surface area contributed by atoms with E-state index in [1.54, 1.807) is 30.0 Å². The smallest absolute Gasteiger partial charge is 0.279 e. The Kier molecular flexibility index (Phi) is 6.29. The molecule has 0 N–H and O–H groups in total. The molecule has 1 amide bonds. The standard InChI is InChI=1S/C23H19N3O3S2/c1-30-14-13-25-20-12-11-19(26(28)29)15-21(20)31-23(25)24-22(27)18-9-7-17(8-10-18)16-5-3-2-4-6-16/h2-12,15H,13-14H2,1H3. The molecular weight excluding hydrogens is 430 g/mol. The Labute approximate surface area is 187 Å². The third-order valence-corrected chi connectivity index (χ3v) is 6.46. The molecule has 4 rings (SSSR count). The van der Waals surface area contributed by atoms with Gasteiger partial charge in [-0.1, -0.05) is 53.8 Å². The van der Waals surface area contributed by atoms with E-state index in [1.165, 1.54) is 23.5 Å². The number of hydrogen-bond donors (Lipinski definition) is 0. The molecule has 0 bridgehead atoms. The predicted octanol–water partition coefficient (Wildman–Crippen LogP) is 5.38. The van der Waals surface area contributed by atoms with Crippen molar-refractivity contribution in [2.24, 2.45) is 4.99 Å². The van der Waals surface area contributed by atoms with Gasteiger partial charge in [-0.3, -0.25) is 14.9 Å². The molecule has 0 aliphatic heterocycles. The number of carbonyl (C=O) groups excluding carboxylic acids is 1. The van der Waals surface area contributed by atoms with Gasteiger partial charge in [0.05, 0.1) is 15.1 Å². The van der Waals surface area contributed by atoms with Crippen molar-refractivity contribution in [2.45, 2.75) is 6.54 Å². The number of amides is 1. The summed E-state index contributed by atoms with van der Waals surface area (Å²) < 4.78 is 2.69. The van der Waals surface area contributed by atoms with Crippen LogP contribution < -0.4 is 4.80 Å². The number of rotatable bonds is 6. The maximum Gasteiger partial charge on any atom is 0.279 e. The average molecular weight is 450 g/mol. The summed E-state index contributed by atoms with van der Waals surface area (Å²) in [6.45, 7) is 0.665. The first-order chi connectivity index (χ1) is 15.1. The van der Waals surface area contributed by atoms with Gasteiger partial charge >= 0.3 is 0 Å². The lowest BCUT2D eigenvalue weighted by Crippen LogP contribution is -2.18. The van der Waals surface area contributed by atoms with Crippen LogP contribution in [-0.2, 0) is 6.54 Å². The van der Waals surface area contributed by atoms with Gasteiger partial charge in [-0.25, -0.2) is 0 Å². The zero-order valence-corrected chi connectivity index (χ0v) is 18.4. The number of hydrogen-bond acceptors (Lipinski definition) is 5. The van der Waals surface area contributed by atoms with Crippen molar-refractivity contribution in [1.29, 1.82) is 0 Å². The number of nitrogens with zero attached hydrogens (tertiary/aromatic N) is 3. The van der Waals surface area contributed by atoms with E-state index in [0.717, 1.165) is 27.1 Å². The van der Waals surface area contributed by atoms with E-state index in [4.69, 9.17) is 0 Å². The molecule has 1 aromatic heterocycles. The molecule has 0 aliphatic rings. The monoisotopic (exact) mass is 449 g/mol. The van der Waals surface area contributed by atoms with Crippen LogP contribution in [0.4, 0.5) is 5.69 Å². The first-order valence-electron chi connectivity index (χ1n) is 9.58. The topological polar surface area (TPSA) is 77.5 Å². The van der Waals surface area contributed by atoms with E-state index in [9.17, 15) is 14.9 Å². The SMILES string of the molecule is CSCCn1c(=NC(=O)c2ccc(-c3ccccc3)cc2)sc2cc([N+](=O)[O-])ccc21. The summed E-state index contributed by atoms with van der Waals surface area (Å²) in [4.78, 5) is 28.5. The highest BCUT2D eigenvalue weighted by atomic mass is 32.2. The number of aryl methyl sites for hydroxylation is 1. The summed E-state index contributed by atoms with van der Waals surface area (Å²) in [6, 6.07) is 22.1. The van der Waals surface area contributed by atoms with Gasteiger partial charge in [0.15, 0.2) is 4.80 Å². The van der Waals surface area contributed by atoms with Crippen LogP contribution in [0.3, 0.4) is 0 Å². The van der Waals surface area contributed by atoms with E-state index in [-0.39, 0.29) is 11.6 Å². The fraction of sp³-hybridized carbons (Fsp3) is 0.130. The van der Waals surface area contributed by atoms with Crippen LogP contribution in [0.15, 0.2) is 77.8 Å². The summed E-state index contributed by atoms with van der Waals surface area (Å²) in [6.07, 6.45) is 2.01. The van der Waals surface area contributed by atoms with Crippen molar-refractivity contribution in [1.82, 2.24) is 4.57 Å². The van der Waals surface area contributed by atoms with Gasteiger partial charge < -0.3 is 4.57 Å². The first-order valence-corrected chi connectivity index (χ1v) is 11.8. The van der Waals surface area contributed by atoms with E-state index < -0.39 is 4.92 Å². The van der Waals surface area contributed by atoms with Gasteiger partial charge in [0, 0.05) is 30.0 Å². The molecular formula is C23H19N3O3S2. The Bertz CT molecular complexity index is 1310. The van der Waals surface area contributed by atoms with E-state index in [1.807, 2.05) is 53.3 Å². The van der Waals surface area contributed by atoms with Crippen LogP contribution in [0, 0.1) is 10.1 Å². The number of thiazole rings is 1. The number of nitro benzene ring substituents is 1. The number of fused-ring (bicyclic) bond motifs is 1. The van der Waals surface area contributed by atoms with Gasteiger partial charge in [-0.05, 0) is 35.6 Å². The highest BCUT2D eigenvalue weighted by Crippen LogP contribution is 2.24. The highest BCUT2D eigenvalue weighted by molar-refractivity contribution is 7.98. The molecule has 6 nitrogen and oxygen atoms in total. The molecule has 3 aromatic carbocycles. The molecule has 0 unspecified atom stereocenters. The lowest BCUT2D eigenvalue weighted by Gasteiger charge is -2.04.